The number of aromatic nitrogens is 1. The molecule has 1 atom stereocenters. The van der Waals surface area contributed by atoms with Gasteiger partial charge in [0.15, 0.2) is 0 Å². The van der Waals surface area contributed by atoms with Crippen molar-refractivity contribution < 1.29 is 9.84 Å². The van der Waals surface area contributed by atoms with E-state index in [0.29, 0.717) is 18.3 Å². The van der Waals surface area contributed by atoms with Crippen molar-refractivity contribution in [1.82, 2.24) is 10.3 Å². The van der Waals surface area contributed by atoms with Gasteiger partial charge in [0.1, 0.15) is 11.4 Å². The van der Waals surface area contributed by atoms with E-state index >= 15 is 0 Å². The lowest BCUT2D eigenvalue weighted by atomic mass is 9.97. The molecule has 16 heavy (non-hydrogen) atoms. The third-order valence-corrected chi connectivity index (χ3v) is 2.88. The normalized spacial score (nSPS) is 19.2. The van der Waals surface area contributed by atoms with Crippen LogP contribution >= 0.6 is 0 Å². The van der Waals surface area contributed by atoms with Crippen molar-refractivity contribution in [3.8, 4) is 5.75 Å². The van der Waals surface area contributed by atoms with Gasteiger partial charge in [-0.3, -0.25) is 4.98 Å². The molecule has 0 spiro atoms. The maximum absolute atomic E-state index is 10.3. The maximum Gasteiger partial charge on any atom is 0.137 e. The summed E-state index contributed by atoms with van der Waals surface area (Å²) in [5.41, 5.74) is -0.121. The van der Waals surface area contributed by atoms with Crippen LogP contribution < -0.4 is 10.1 Å². The molecule has 4 nitrogen and oxygen atoms in total. The quantitative estimate of drug-likeness (QED) is 0.782. The summed E-state index contributed by atoms with van der Waals surface area (Å²) in [6.07, 6.45) is 5.74. The van der Waals surface area contributed by atoms with Crippen molar-refractivity contribution in [2.24, 2.45) is 0 Å². The van der Waals surface area contributed by atoms with Crippen LogP contribution in [0.1, 0.15) is 25.3 Å². The van der Waals surface area contributed by atoms with Gasteiger partial charge in [-0.05, 0) is 25.8 Å². The summed E-state index contributed by atoms with van der Waals surface area (Å²) in [5, 5.41) is 13.6. The number of rotatable bonds is 5. The van der Waals surface area contributed by atoms with Crippen LogP contribution in [0.4, 0.5) is 0 Å². The van der Waals surface area contributed by atoms with Crippen molar-refractivity contribution in [1.29, 1.82) is 0 Å². The highest BCUT2D eigenvalue weighted by Gasteiger charge is 2.28. The highest BCUT2D eigenvalue weighted by Crippen LogP contribution is 2.25. The summed E-state index contributed by atoms with van der Waals surface area (Å²) in [6.45, 7) is 2.34. The summed E-state index contributed by atoms with van der Waals surface area (Å²) in [4.78, 5) is 4.05. The Bertz CT molecular complexity index is 362. The largest absolute Gasteiger partial charge is 0.495 e. The van der Waals surface area contributed by atoms with Crippen LogP contribution in [0.3, 0.4) is 0 Å². The molecule has 1 heterocycles. The monoisotopic (exact) mass is 222 g/mol. The van der Waals surface area contributed by atoms with Gasteiger partial charge >= 0.3 is 0 Å². The molecule has 1 aromatic heterocycles. The Kier molecular flexibility index (Phi) is 3.12. The molecule has 0 radical (unpaired) electrons. The van der Waals surface area contributed by atoms with E-state index in [0.717, 1.165) is 5.56 Å². The molecule has 0 saturated heterocycles. The minimum Gasteiger partial charge on any atom is -0.495 e. The Morgan fingerprint density at radius 2 is 2.31 bits per heavy atom. The van der Waals surface area contributed by atoms with Gasteiger partial charge in [0.2, 0.25) is 0 Å². The van der Waals surface area contributed by atoms with E-state index in [1.165, 1.54) is 12.8 Å². The number of pyridine rings is 1. The number of hydrogen-bond acceptors (Lipinski definition) is 4. The Hall–Kier alpha value is -1.13. The number of nitrogens with zero attached hydrogens (tertiary/aromatic N) is 1. The van der Waals surface area contributed by atoms with Crippen LogP contribution in [-0.2, 0) is 5.60 Å². The molecule has 0 aliphatic heterocycles. The topological polar surface area (TPSA) is 54.4 Å². The van der Waals surface area contributed by atoms with E-state index in [1.807, 2.05) is 6.07 Å². The van der Waals surface area contributed by atoms with E-state index in [2.05, 4.69) is 10.3 Å². The average molecular weight is 222 g/mol. The van der Waals surface area contributed by atoms with Crippen molar-refractivity contribution in [3.63, 3.8) is 0 Å². The first-order chi connectivity index (χ1) is 7.62. The van der Waals surface area contributed by atoms with Crippen molar-refractivity contribution in [3.05, 3.63) is 24.0 Å². The van der Waals surface area contributed by atoms with Gasteiger partial charge in [0.05, 0.1) is 13.3 Å². The third kappa shape index (κ3) is 2.71. The fraction of sp³-hybridized carbons (Fsp3) is 0.583. The molecule has 0 amide bonds. The highest BCUT2D eigenvalue weighted by atomic mass is 16.5. The number of ether oxygens (including phenoxy) is 1. The van der Waals surface area contributed by atoms with E-state index in [-0.39, 0.29) is 0 Å². The second-order valence-corrected chi connectivity index (χ2v) is 4.54. The molecule has 2 N–H and O–H groups in total. The molecule has 0 aromatic carbocycles. The van der Waals surface area contributed by atoms with E-state index in [9.17, 15) is 5.11 Å². The van der Waals surface area contributed by atoms with Crippen molar-refractivity contribution in [2.75, 3.05) is 13.7 Å². The molecule has 1 unspecified atom stereocenters. The fourth-order valence-electron chi connectivity index (χ4n) is 1.56. The second-order valence-electron chi connectivity index (χ2n) is 4.54. The fourth-order valence-corrected chi connectivity index (χ4v) is 1.56. The molecule has 1 aliphatic carbocycles. The summed E-state index contributed by atoms with van der Waals surface area (Å²) >= 11 is 0. The lowest BCUT2D eigenvalue weighted by Gasteiger charge is -2.24. The zero-order chi connectivity index (χ0) is 11.6. The minimum atomic E-state index is -0.899. The van der Waals surface area contributed by atoms with Gasteiger partial charge < -0.3 is 15.2 Å². The minimum absolute atomic E-state index is 0.548. The van der Waals surface area contributed by atoms with E-state index < -0.39 is 5.60 Å². The summed E-state index contributed by atoms with van der Waals surface area (Å²) in [5.74, 6) is 0.671. The first-order valence-corrected chi connectivity index (χ1v) is 5.57. The molecule has 2 rings (SSSR count). The molecular formula is C12H18N2O2. The molecule has 1 aliphatic rings. The molecule has 0 bridgehead atoms. The number of aliphatic hydroxyl groups is 1. The Balaban J connectivity index is 2.06. The first kappa shape index (κ1) is 11.4. The number of hydrogen-bond donors (Lipinski definition) is 2. The molecule has 1 aromatic rings. The van der Waals surface area contributed by atoms with Crippen LogP contribution in [0.2, 0.25) is 0 Å². The zero-order valence-corrected chi connectivity index (χ0v) is 9.73. The predicted molar refractivity (Wildman–Crippen MR) is 61.4 cm³/mol. The third-order valence-electron chi connectivity index (χ3n) is 2.88. The summed E-state index contributed by atoms with van der Waals surface area (Å²) in [6, 6.07) is 2.41. The predicted octanol–water partition coefficient (Wildman–Crippen LogP) is 1.05. The standard InChI is InChI=1S/C12H18N2O2/c1-12(15,8-14-10-3-4-10)9-5-11(16-2)7-13-6-9/h5-7,10,14-15H,3-4,8H2,1-2H3. The Morgan fingerprint density at radius 1 is 1.56 bits per heavy atom. The van der Waals surface area contributed by atoms with E-state index in [1.54, 1.807) is 26.4 Å². The number of nitrogens with one attached hydrogen (secondary N) is 1. The van der Waals surface area contributed by atoms with E-state index in [4.69, 9.17) is 4.74 Å². The van der Waals surface area contributed by atoms with Crippen molar-refractivity contribution in [2.45, 2.75) is 31.4 Å². The Morgan fingerprint density at radius 3 is 2.94 bits per heavy atom. The zero-order valence-electron chi connectivity index (χ0n) is 9.73. The van der Waals surface area contributed by atoms with Crippen LogP contribution in [-0.4, -0.2) is 29.8 Å². The second kappa shape index (κ2) is 4.39. The molecule has 4 heteroatoms. The number of methoxy groups -OCH3 is 1. The SMILES string of the molecule is COc1cncc(C(C)(O)CNC2CC2)c1. The van der Waals surface area contributed by atoms with Crippen LogP contribution in [0.5, 0.6) is 5.75 Å². The lowest BCUT2D eigenvalue weighted by Crippen LogP contribution is -2.36. The van der Waals surface area contributed by atoms with Gasteiger partial charge in [0, 0.05) is 24.3 Å². The van der Waals surface area contributed by atoms with Crippen molar-refractivity contribution >= 4 is 0 Å². The molecule has 1 fully saturated rings. The van der Waals surface area contributed by atoms with Gasteiger partial charge in [-0.2, -0.15) is 0 Å². The summed E-state index contributed by atoms with van der Waals surface area (Å²) in [7, 11) is 1.60. The first-order valence-electron chi connectivity index (χ1n) is 5.57. The van der Waals surface area contributed by atoms with Gasteiger partial charge in [-0.15, -0.1) is 0 Å². The smallest absolute Gasteiger partial charge is 0.137 e. The molecule has 88 valence electrons. The highest BCUT2D eigenvalue weighted by molar-refractivity contribution is 5.27. The van der Waals surface area contributed by atoms with Crippen LogP contribution in [0.25, 0.3) is 0 Å². The summed E-state index contributed by atoms with van der Waals surface area (Å²) < 4.78 is 5.09. The Labute approximate surface area is 95.7 Å². The van der Waals surface area contributed by atoms with Crippen LogP contribution in [0.15, 0.2) is 18.5 Å². The van der Waals surface area contributed by atoms with Gasteiger partial charge in [0.25, 0.3) is 0 Å². The van der Waals surface area contributed by atoms with Crippen LogP contribution in [0, 0.1) is 0 Å². The molecule has 1 saturated carbocycles. The maximum atomic E-state index is 10.3. The average Bonchev–Trinajstić information content (AvgIpc) is 3.10. The molecular weight excluding hydrogens is 204 g/mol. The lowest BCUT2D eigenvalue weighted by molar-refractivity contribution is 0.0560. The van der Waals surface area contributed by atoms with Gasteiger partial charge in [-0.1, -0.05) is 0 Å². The van der Waals surface area contributed by atoms with Gasteiger partial charge in [-0.25, -0.2) is 0 Å².